The fourth-order valence-electron chi connectivity index (χ4n) is 2.43. The largest absolute Gasteiger partial charge is 0.493 e. The van der Waals surface area contributed by atoms with Crippen molar-refractivity contribution in [3.05, 3.63) is 23.8 Å². The third kappa shape index (κ3) is 10.6. The molecule has 0 radical (unpaired) electrons. The third-order valence-electron chi connectivity index (χ3n) is 3.66. The summed E-state index contributed by atoms with van der Waals surface area (Å²) in [7, 11) is 1.55. The molecule has 1 aromatic carbocycles. The second-order valence-electron chi connectivity index (χ2n) is 7.32. The fraction of sp³-hybridized carbons (Fsp3) is 0.619. The lowest BCUT2D eigenvalue weighted by molar-refractivity contribution is -0.154. The molecule has 0 aliphatic carbocycles. The summed E-state index contributed by atoms with van der Waals surface area (Å²) in [6, 6.07) is 5.08. The van der Waals surface area contributed by atoms with E-state index in [4.69, 9.17) is 18.9 Å². The van der Waals surface area contributed by atoms with E-state index < -0.39 is 5.60 Å². The minimum absolute atomic E-state index is 0.136. The quantitative estimate of drug-likeness (QED) is 0.216. The second-order valence-corrected chi connectivity index (χ2v) is 7.32. The average Bonchev–Trinajstić information content (AvgIpc) is 2.60. The Balaban J connectivity index is 2.21. The van der Waals surface area contributed by atoms with E-state index in [2.05, 4.69) is 0 Å². The molecular weight excluding hydrogens is 348 g/mol. The van der Waals surface area contributed by atoms with Crippen LogP contribution < -0.4 is 9.47 Å². The lowest BCUT2D eigenvalue weighted by Gasteiger charge is -2.19. The highest BCUT2D eigenvalue weighted by Gasteiger charge is 2.15. The molecule has 0 atom stereocenters. The fourth-order valence-corrected chi connectivity index (χ4v) is 2.43. The van der Waals surface area contributed by atoms with Gasteiger partial charge in [-0.1, -0.05) is 19.3 Å². The van der Waals surface area contributed by atoms with Crippen LogP contribution in [0.25, 0.3) is 0 Å². The van der Waals surface area contributed by atoms with Crippen molar-refractivity contribution in [1.29, 1.82) is 0 Å². The number of hydrogen-bond donors (Lipinski definition) is 0. The highest BCUT2D eigenvalue weighted by Crippen LogP contribution is 2.24. The van der Waals surface area contributed by atoms with E-state index in [9.17, 15) is 9.59 Å². The standard InChI is InChI=1S/C21H32O6/c1-21(2,3)27-20(23)10-8-6-5-7-9-13-25-19-14-18(26-16-24-4)12-11-17(19)15-22/h11-12,14-15H,5-10,13,16H2,1-4H3. The van der Waals surface area contributed by atoms with E-state index in [-0.39, 0.29) is 12.8 Å². The molecular formula is C21H32O6. The molecule has 0 spiro atoms. The van der Waals surface area contributed by atoms with Crippen LogP contribution in [-0.2, 0) is 14.3 Å². The molecule has 0 bridgehead atoms. The van der Waals surface area contributed by atoms with Crippen molar-refractivity contribution < 1.29 is 28.5 Å². The first-order valence-corrected chi connectivity index (χ1v) is 9.41. The van der Waals surface area contributed by atoms with Crippen LogP contribution >= 0.6 is 0 Å². The van der Waals surface area contributed by atoms with Crippen molar-refractivity contribution in [2.75, 3.05) is 20.5 Å². The molecule has 1 rings (SSSR count). The van der Waals surface area contributed by atoms with Gasteiger partial charge in [0, 0.05) is 19.6 Å². The second kappa shape index (κ2) is 12.3. The summed E-state index contributed by atoms with van der Waals surface area (Å²) in [4.78, 5) is 22.7. The van der Waals surface area contributed by atoms with Crippen LogP contribution in [0.2, 0.25) is 0 Å². The number of esters is 1. The zero-order valence-corrected chi connectivity index (χ0v) is 16.9. The Morgan fingerprint density at radius 3 is 2.41 bits per heavy atom. The predicted molar refractivity (Wildman–Crippen MR) is 103 cm³/mol. The van der Waals surface area contributed by atoms with Crippen LogP contribution in [0.3, 0.4) is 0 Å². The maximum atomic E-state index is 11.6. The molecule has 0 fully saturated rings. The molecule has 6 nitrogen and oxygen atoms in total. The normalized spacial score (nSPS) is 11.1. The third-order valence-corrected chi connectivity index (χ3v) is 3.66. The van der Waals surface area contributed by atoms with E-state index in [0.717, 1.165) is 38.4 Å². The number of carbonyl (C=O) groups excluding carboxylic acids is 2. The summed E-state index contributed by atoms with van der Waals surface area (Å²) in [6.45, 7) is 6.30. The molecule has 6 heteroatoms. The summed E-state index contributed by atoms with van der Waals surface area (Å²) in [6.07, 6.45) is 5.97. The topological polar surface area (TPSA) is 71.1 Å². The van der Waals surface area contributed by atoms with Crippen molar-refractivity contribution >= 4 is 12.3 Å². The monoisotopic (exact) mass is 380 g/mol. The molecule has 0 amide bonds. The minimum atomic E-state index is -0.416. The van der Waals surface area contributed by atoms with E-state index in [1.54, 1.807) is 25.3 Å². The smallest absolute Gasteiger partial charge is 0.306 e. The first-order valence-electron chi connectivity index (χ1n) is 9.41. The number of ether oxygens (including phenoxy) is 4. The maximum Gasteiger partial charge on any atom is 0.306 e. The van der Waals surface area contributed by atoms with Crippen molar-refractivity contribution in [2.24, 2.45) is 0 Å². The first-order chi connectivity index (χ1) is 12.9. The van der Waals surface area contributed by atoms with Crippen molar-refractivity contribution in [3.8, 4) is 11.5 Å². The highest BCUT2D eigenvalue weighted by atomic mass is 16.7. The Morgan fingerprint density at radius 2 is 1.74 bits per heavy atom. The van der Waals surface area contributed by atoms with Gasteiger partial charge in [0.25, 0.3) is 0 Å². The van der Waals surface area contributed by atoms with Crippen molar-refractivity contribution in [3.63, 3.8) is 0 Å². The van der Waals surface area contributed by atoms with Gasteiger partial charge < -0.3 is 18.9 Å². The van der Waals surface area contributed by atoms with Crippen LogP contribution in [0.15, 0.2) is 18.2 Å². The first kappa shape index (κ1) is 23.0. The molecule has 152 valence electrons. The minimum Gasteiger partial charge on any atom is -0.493 e. The van der Waals surface area contributed by atoms with Gasteiger partial charge in [0.1, 0.15) is 17.1 Å². The molecule has 0 N–H and O–H groups in total. The lowest BCUT2D eigenvalue weighted by atomic mass is 10.1. The molecule has 0 heterocycles. The van der Waals surface area contributed by atoms with Gasteiger partial charge in [-0.2, -0.15) is 0 Å². The summed E-state index contributed by atoms with van der Waals surface area (Å²) in [5.74, 6) is 0.978. The number of benzene rings is 1. The van der Waals surface area contributed by atoms with E-state index in [0.29, 0.717) is 30.1 Å². The Hall–Kier alpha value is -2.08. The maximum absolute atomic E-state index is 11.6. The van der Waals surface area contributed by atoms with E-state index in [1.165, 1.54) is 0 Å². The van der Waals surface area contributed by atoms with Gasteiger partial charge in [0.15, 0.2) is 13.1 Å². The number of carbonyl (C=O) groups is 2. The molecule has 0 aliphatic heterocycles. The number of aldehydes is 1. The van der Waals surface area contributed by atoms with Crippen molar-refractivity contribution in [1.82, 2.24) is 0 Å². The van der Waals surface area contributed by atoms with E-state index in [1.807, 2.05) is 20.8 Å². The number of rotatable bonds is 13. The zero-order chi connectivity index (χ0) is 20.1. The summed E-state index contributed by atoms with van der Waals surface area (Å²) < 4.78 is 21.2. The van der Waals surface area contributed by atoms with Crippen LogP contribution in [0, 0.1) is 0 Å². The molecule has 0 saturated carbocycles. The van der Waals surface area contributed by atoms with Gasteiger partial charge in [0.05, 0.1) is 12.2 Å². The average molecular weight is 380 g/mol. The summed E-state index contributed by atoms with van der Waals surface area (Å²) in [5, 5.41) is 0. The van der Waals surface area contributed by atoms with Gasteiger partial charge in [-0.05, 0) is 45.7 Å². The SMILES string of the molecule is COCOc1ccc(C=O)c(OCCCCCCCC(=O)OC(C)(C)C)c1. The van der Waals surface area contributed by atoms with Crippen LogP contribution in [0.5, 0.6) is 11.5 Å². The summed E-state index contributed by atoms with van der Waals surface area (Å²) >= 11 is 0. The summed E-state index contributed by atoms with van der Waals surface area (Å²) in [5.41, 5.74) is 0.0814. The Kier molecular flexibility index (Phi) is 10.5. The van der Waals surface area contributed by atoms with Gasteiger partial charge in [-0.15, -0.1) is 0 Å². The molecule has 0 saturated heterocycles. The van der Waals surface area contributed by atoms with Crippen LogP contribution in [0.4, 0.5) is 0 Å². The molecule has 1 aromatic rings. The Morgan fingerprint density at radius 1 is 1.04 bits per heavy atom. The van der Waals surface area contributed by atoms with Gasteiger partial charge >= 0.3 is 5.97 Å². The highest BCUT2D eigenvalue weighted by molar-refractivity contribution is 5.79. The number of unbranched alkanes of at least 4 members (excludes halogenated alkanes) is 4. The Labute approximate surface area is 162 Å². The van der Waals surface area contributed by atoms with Gasteiger partial charge in [-0.3, -0.25) is 9.59 Å². The Bertz CT molecular complexity index is 577. The van der Waals surface area contributed by atoms with Crippen LogP contribution in [-0.4, -0.2) is 38.4 Å². The lowest BCUT2D eigenvalue weighted by Crippen LogP contribution is -2.23. The zero-order valence-electron chi connectivity index (χ0n) is 16.9. The van der Waals surface area contributed by atoms with Gasteiger partial charge in [0.2, 0.25) is 0 Å². The molecule has 0 unspecified atom stereocenters. The van der Waals surface area contributed by atoms with Crippen LogP contribution in [0.1, 0.15) is 69.7 Å². The van der Waals surface area contributed by atoms with E-state index >= 15 is 0 Å². The van der Waals surface area contributed by atoms with Crippen molar-refractivity contribution in [2.45, 2.75) is 64.9 Å². The number of hydrogen-bond acceptors (Lipinski definition) is 6. The molecule has 0 aliphatic rings. The predicted octanol–water partition coefficient (Wildman–Crippen LogP) is 4.54. The number of methoxy groups -OCH3 is 1. The molecule has 27 heavy (non-hydrogen) atoms. The molecule has 0 aromatic heterocycles. The van der Waals surface area contributed by atoms with Gasteiger partial charge in [-0.25, -0.2) is 0 Å².